The fourth-order valence-electron chi connectivity index (χ4n) is 3.27. The van der Waals surface area contributed by atoms with E-state index in [1.807, 2.05) is 18.2 Å². The first-order valence-corrected chi connectivity index (χ1v) is 12.1. The minimum absolute atomic E-state index is 0.000502. The fourth-order valence-corrected chi connectivity index (χ4v) is 4.17. The lowest BCUT2D eigenvalue weighted by molar-refractivity contribution is 0.0264. The Bertz CT molecular complexity index is 1340. The molecule has 12 radical (unpaired) electrons. The molecule has 3 aromatic rings. The summed E-state index contributed by atoms with van der Waals surface area (Å²) in [6, 6.07) is 12.9. The minimum Gasteiger partial charge on any atom is -0.489 e. The predicted octanol–water partition coefficient (Wildman–Crippen LogP) is 1.00. The Morgan fingerprint density at radius 1 is 1.03 bits per heavy atom. The zero-order valence-corrected chi connectivity index (χ0v) is 21.3. The zero-order valence-electron chi connectivity index (χ0n) is 20.5. The van der Waals surface area contributed by atoms with Gasteiger partial charge in [0.2, 0.25) is 0 Å². The number of nitrogens with one attached hydrogen (secondary N) is 1. The van der Waals surface area contributed by atoms with Crippen LogP contribution in [-0.4, -0.2) is 85.3 Å². The van der Waals surface area contributed by atoms with Gasteiger partial charge in [-0.05, 0) is 36.5 Å². The van der Waals surface area contributed by atoms with Gasteiger partial charge in [0.15, 0.2) is 0 Å². The van der Waals surface area contributed by atoms with Crippen molar-refractivity contribution in [3.05, 3.63) is 59.5 Å². The molecule has 0 aromatic carbocycles. The highest BCUT2D eigenvalue weighted by molar-refractivity contribution is 7.98. The first-order chi connectivity index (χ1) is 17.9. The van der Waals surface area contributed by atoms with Crippen LogP contribution in [0.2, 0.25) is 0 Å². The van der Waals surface area contributed by atoms with Crippen molar-refractivity contribution in [2.75, 3.05) is 11.9 Å². The van der Waals surface area contributed by atoms with Crippen LogP contribution in [0.1, 0.15) is 23.7 Å². The molecule has 3 rings (SSSR count). The van der Waals surface area contributed by atoms with Crippen LogP contribution in [0.5, 0.6) is 5.75 Å². The van der Waals surface area contributed by atoms with Gasteiger partial charge in [-0.3, -0.25) is 9.97 Å². The molecule has 38 heavy (non-hydrogen) atoms. The highest BCUT2D eigenvalue weighted by atomic mass is 32.2. The molecule has 3 aromatic heterocycles. The third-order valence-electron chi connectivity index (χ3n) is 4.69. The monoisotopic (exact) mass is 506 g/mol. The summed E-state index contributed by atoms with van der Waals surface area (Å²) in [5, 5.41) is 19.3. The van der Waals surface area contributed by atoms with Gasteiger partial charge < -0.3 is 14.8 Å². The van der Waals surface area contributed by atoms with Gasteiger partial charge in [-0.25, -0.2) is 4.98 Å². The quantitative estimate of drug-likeness (QED) is 0.301. The van der Waals surface area contributed by atoms with Crippen molar-refractivity contribution in [2.24, 2.45) is 0 Å². The Hall–Kier alpha value is -3.27. The number of hydrogen-bond donors (Lipinski definition) is 1. The van der Waals surface area contributed by atoms with Gasteiger partial charge in [0.1, 0.15) is 40.9 Å². The van der Waals surface area contributed by atoms with Crippen molar-refractivity contribution in [1.82, 2.24) is 15.0 Å². The van der Waals surface area contributed by atoms with E-state index in [0.717, 1.165) is 5.69 Å². The maximum atomic E-state index is 10.1. The SMILES string of the molecule is [B]C([B])([B])Nc1nc(SCc2ccccn2)c(C#N)c(-c2ccc(OCC(C)OC([B])([B])[B])cn2)c1C#N. The van der Waals surface area contributed by atoms with E-state index in [4.69, 9.17) is 56.6 Å². The molecular formula is C23H16B6N6O2S. The summed E-state index contributed by atoms with van der Waals surface area (Å²) in [5.74, 6) is 0.794. The van der Waals surface area contributed by atoms with Crippen LogP contribution in [-0.2, 0) is 10.5 Å². The maximum Gasteiger partial charge on any atom is 0.144 e. The van der Waals surface area contributed by atoms with Crippen molar-refractivity contribution in [3.8, 4) is 29.1 Å². The number of nitrogens with zero attached hydrogens (tertiary/aromatic N) is 5. The Morgan fingerprint density at radius 3 is 2.32 bits per heavy atom. The van der Waals surface area contributed by atoms with Crippen LogP contribution in [0.15, 0.2) is 47.8 Å². The van der Waals surface area contributed by atoms with Gasteiger partial charge in [0.05, 0.1) is 76.3 Å². The Morgan fingerprint density at radius 2 is 1.76 bits per heavy atom. The average molecular weight is 505 g/mol. The van der Waals surface area contributed by atoms with Crippen LogP contribution in [0.4, 0.5) is 5.82 Å². The third kappa shape index (κ3) is 8.37. The summed E-state index contributed by atoms with van der Waals surface area (Å²) in [4.78, 5) is 13.1. The van der Waals surface area contributed by atoms with Gasteiger partial charge >= 0.3 is 0 Å². The molecule has 0 bridgehead atoms. The average Bonchev–Trinajstić information content (AvgIpc) is 2.84. The molecule has 8 nitrogen and oxygen atoms in total. The number of hydrogen-bond acceptors (Lipinski definition) is 9. The van der Waals surface area contributed by atoms with E-state index < -0.39 is 16.6 Å². The van der Waals surface area contributed by atoms with Gasteiger partial charge in [-0.1, -0.05) is 23.1 Å². The molecule has 0 aliphatic rings. The topological polar surface area (TPSA) is 117 Å². The number of thioether (sulfide) groups is 1. The highest BCUT2D eigenvalue weighted by Gasteiger charge is 2.25. The largest absolute Gasteiger partial charge is 0.489 e. The summed E-state index contributed by atoms with van der Waals surface area (Å²) in [7, 11) is 33.5. The molecule has 1 unspecified atom stereocenters. The molecule has 0 aliphatic carbocycles. The van der Waals surface area contributed by atoms with Gasteiger partial charge in [0.25, 0.3) is 0 Å². The van der Waals surface area contributed by atoms with E-state index in [1.165, 1.54) is 18.0 Å². The third-order valence-corrected chi connectivity index (χ3v) is 5.70. The molecule has 3 heterocycles. The van der Waals surface area contributed by atoms with Crippen LogP contribution in [0.25, 0.3) is 11.3 Å². The summed E-state index contributed by atoms with van der Waals surface area (Å²) < 4.78 is 10.8. The normalized spacial score (nSPS) is 12.2. The standard InChI is InChI=1S/C23H16B6N6O2S/c1-13(37-23(27,28)29)11-36-15-5-6-18(33-10-15)19-16(8-30)20(35-22(24,25)26)34-21(17(19)9-31)38-12-14-4-2-3-7-32-14/h2-7,10,13H,11-12H2,1H3,(H,34,35). The predicted molar refractivity (Wildman–Crippen MR) is 150 cm³/mol. The molecule has 0 fully saturated rings. The second-order valence-electron chi connectivity index (χ2n) is 8.25. The minimum atomic E-state index is -1.88. The summed E-state index contributed by atoms with van der Waals surface area (Å²) in [6.07, 6.45) is 2.58. The van der Waals surface area contributed by atoms with Crippen molar-refractivity contribution in [2.45, 2.75) is 34.3 Å². The molecule has 1 atom stereocenters. The van der Waals surface area contributed by atoms with Crippen LogP contribution in [0.3, 0.4) is 0 Å². The smallest absolute Gasteiger partial charge is 0.144 e. The van der Waals surface area contributed by atoms with Gasteiger partial charge in [-0.2, -0.15) is 10.5 Å². The zero-order chi connectivity index (χ0) is 27.9. The molecule has 0 saturated carbocycles. The summed E-state index contributed by atoms with van der Waals surface area (Å²) >= 11 is 1.25. The van der Waals surface area contributed by atoms with Crippen molar-refractivity contribution >= 4 is 64.7 Å². The van der Waals surface area contributed by atoms with Gasteiger partial charge in [-0.15, -0.1) is 0 Å². The molecular weight excluding hydrogens is 489 g/mol. The van der Waals surface area contributed by atoms with Crippen LogP contribution < -0.4 is 10.1 Å². The lowest BCUT2D eigenvalue weighted by Crippen LogP contribution is -2.40. The first kappa shape index (κ1) is 29.3. The van der Waals surface area contributed by atoms with E-state index in [0.29, 0.717) is 22.2 Å². The summed E-state index contributed by atoms with van der Waals surface area (Å²) in [5.41, 5.74) is 1.42. The Kier molecular flexibility index (Phi) is 9.65. The second kappa shape index (κ2) is 12.5. The number of anilines is 1. The van der Waals surface area contributed by atoms with E-state index in [9.17, 15) is 10.5 Å². The molecule has 0 aliphatic heterocycles. The van der Waals surface area contributed by atoms with Crippen molar-refractivity contribution in [1.29, 1.82) is 10.5 Å². The van der Waals surface area contributed by atoms with Gasteiger partial charge in [0, 0.05) is 17.5 Å². The molecule has 0 saturated heterocycles. The number of aromatic nitrogens is 3. The molecule has 1 N–H and O–H groups in total. The lowest BCUT2D eigenvalue weighted by Gasteiger charge is -2.26. The fraction of sp³-hybridized carbons (Fsp3) is 0.261. The van der Waals surface area contributed by atoms with Crippen molar-refractivity contribution in [3.63, 3.8) is 0 Å². The van der Waals surface area contributed by atoms with E-state index in [-0.39, 0.29) is 29.1 Å². The van der Waals surface area contributed by atoms with Crippen LogP contribution in [0, 0.1) is 22.7 Å². The number of pyridine rings is 3. The first-order valence-electron chi connectivity index (χ1n) is 11.1. The second-order valence-corrected chi connectivity index (χ2v) is 9.22. The lowest BCUT2D eigenvalue weighted by atomic mass is 9.49. The molecule has 0 spiro atoms. The van der Waals surface area contributed by atoms with E-state index in [1.54, 1.807) is 31.3 Å². The van der Waals surface area contributed by atoms with E-state index in [2.05, 4.69) is 26.3 Å². The maximum absolute atomic E-state index is 10.1. The highest BCUT2D eigenvalue weighted by Crippen LogP contribution is 2.37. The Balaban J connectivity index is 1.99. The molecule has 0 amide bonds. The number of rotatable bonds is 11. The molecule has 15 heteroatoms. The summed E-state index contributed by atoms with van der Waals surface area (Å²) in [6.45, 7) is 1.77. The number of nitriles is 2. The van der Waals surface area contributed by atoms with Crippen LogP contribution >= 0.6 is 11.8 Å². The van der Waals surface area contributed by atoms with Crippen molar-refractivity contribution < 1.29 is 9.47 Å². The molecule has 174 valence electrons. The van der Waals surface area contributed by atoms with E-state index >= 15 is 0 Å². The number of ether oxygens (including phenoxy) is 2. The Labute approximate surface area is 234 Å².